The highest BCUT2D eigenvalue weighted by atomic mass is 15.3. The summed E-state index contributed by atoms with van der Waals surface area (Å²) in [5.74, 6) is 3.64. The highest BCUT2D eigenvalue weighted by Crippen LogP contribution is 2.37. The van der Waals surface area contributed by atoms with Crippen molar-refractivity contribution in [3.05, 3.63) is 11.6 Å². The number of aromatic nitrogens is 3. The maximum atomic E-state index is 5.78. The third-order valence-corrected chi connectivity index (χ3v) is 4.67. The summed E-state index contributed by atoms with van der Waals surface area (Å²) in [5, 5.41) is 8.74. The van der Waals surface area contributed by atoms with Gasteiger partial charge in [-0.05, 0) is 45.4 Å². The molecular formula is C16H30N4. The maximum Gasteiger partial charge on any atom is 0.147 e. The van der Waals surface area contributed by atoms with E-state index >= 15 is 0 Å². The van der Waals surface area contributed by atoms with Crippen LogP contribution in [0.3, 0.4) is 0 Å². The van der Waals surface area contributed by atoms with Crippen molar-refractivity contribution in [1.29, 1.82) is 0 Å². The summed E-state index contributed by atoms with van der Waals surface area (Å²) in [6.07, 6.45) is 9.36. The number of nitrogens with zero attached hydrogens (tertiary/aromatic N) is 3. The standard InChI is InChI=1S/C16H30N4/c1-4-5-6-13-7-9-14(10-8-13)16-19-18-15(11-17)20(16)12(2)3/h12-14H,4-11,17H2,1-3H3. The van der Waals surface area contributed by atoms with Crippen molar-refractivity contribution >= 4 is 0 Å². The zero-order chi connectivity index (χ0) is 14.5. The lowest BCUT2D eigenvalue weighted by Gasteiger charge is -2.29. The molecule has 0 amide bonds. The lowest BCUT2D eigenvalue weighted by atomic mass is 9.79. The second kappa shape index (κ2) is 7.21. The van der Waals surface area contributed by atoms with Gasteiger partial charge in [-0.2, -0.15) is 0 Å². The summed E-state index contributed by atoms with van der Waals surface area (Å²) in [5.41, 5.74) is 5.78. The molecule has 0 aromatic carbocycles. The fourth-order valence-electron chi connectivity index (χ4n) is 3.52. The quantitative estimate of drug-likeness (QED) is 0.861. The van der Waals surface area contributed by atoms with Crippen molar-refractivity contribution in [2.24, 2.45) is 11.7 Å². The number of rotatable bonds is 6. The van der Waals surface area contributed by atoms with E-state index in [1.807, 2.05) is 0 Å². The van der Waals surface area contributed by atoms with Crippen molar-refractivity contribution < 1.29 is 0 Å². The molecule has 0 radical (unpaired) electrons. The summed E-state index contributed by atoms with van der Waals surface area (Å²) < 4.78 is 2.26. The van der Waals surface area contributed by atoms with Crippen LogP contribution in [0.1, 0.15) is 89.3 Å². The third-order valence-electron chi connectivity index (χ3n) is 4.67. The van der Waals surface area contributed by atoms with Gasteiger partial charge in [0.2, 0.25) is 0 Å². The van der Waals surface area contributed by atoms with Crippen LogP contribution in [0.25, 0.3) is 0 Å². The van der Waals surface area contributed by atoms with Gasteiger partial charge in [-0.1, -0.05) is 26.2 Å². The van der Waals surface area contributed by atoms with Crippen LogP contribution in [0, 0.1) is 5.92 Å². The molecule has 0 bridgehead atoms. The van der Waals surface area contributed by atoms with Gasteiger partial charge < -0.3 is 10.3 Å². The third kappa shape index (κ3) is 3.40. The second-order valence-corrected chi connectivity index (χ2v) is 6.50. The van der Waals surface area contributed by atoms with Gasteiger partial charge in [-0.15, -0.1) is 10.2 Å². The molecule has 4 heteroatoms. The minimum Gasteiger partial charge on any atom is -0.324 e. The Bertz CT molecular complexity index is 403. The van der Waals surface area contributed by atoms with E-state index in [2.05, 4.69) is 35.5 Å². The van der Waals surface area contributed by atoms with E-state index in [0.29, 0.717) is 18.5 Å². The van der Waals surface area contributed by atoms with Crippen LogP contribution in [0.5, 0.6) is 0 Å². The van der Waals surface area contributed by atoms with Crippen molar-refractivity contribution in [3.63, 3.8) is 0 Å². The number of unbranched alkanes of at least 4 members (excludes halogenated alkanes) is 1. The molecule has 1 fully saturated rings. The van der Waals surface area contributed by atoms with Crippen LogP contribution in [0.2, 0.25) is 0 Å². The Morgan fingerprint density at radius 2 is 1.90 bits per heavy atom. The maximum absolute atomic E-state index is 5.78. The summed E-state index contributed by atoms with van der Waals surface area (Å²) in [7, 11) is 0. The molecule has 2 rings (SSSR count). The Morgan fingerprint density at radius 3 is 2.45 bits per heavy atom. The van der Waals surface area contributed by atoms with E-state index in [9.17, 15) is 0 Å². The number of hydrogen-bond donors (Lipinski definition) is 1. The lowest BCUT2D eigenvalue weighted by molar-refractivity contribution is 0.292. The van der Waals surface area contributed by atoms with Gasteiger partial charge in [-0.25, -0.2) is 0 Å². The molecule has 20 heavy (non-hydrogen) atoms. The molecule has 0 unspecified atom stereocenters. The van der Waals surface area contributed by atoms with E-state index in [4.69, 9.17) is 5.73 Å². The van der Waals surface area contributed by atoms with Crippen LogP contribution in [0.15, 0.2) is 0 Å². The first-order chi connectivity index (χ1) is 9.67. The SMILES string of the molecule is CCCCC1CCC(c2nnc(CN)n2C(C)C)CC1. The summed E-state index contributed by atoms with van der Waals surface area (Å²) in [6, 6.07) is 0.399. The van der Waals surface area contributed by atoms with Gasteiger partial charge in [0.05, 0.1) is 6.54 Å². The molecular weight excluding hydrogens is 248 g/mol. The molecule has 0 saturated heterocycles. The Kier molecular flexibility index (Phi) is 5.58. The van der Waals surface area contributed by atoms with Crippen LogP contribution in [0.4, 0.5) is 0 Å². The minimum atomic E-state index is 0.399. The second-order valence-electron chi connectivity index (χ2n) is 6.50. The predicted octanol–water partition coefficient (Wildman–Crippen LogP) is 3.78. The smallest absolute Gasteiger partial charge is 0.147 e. The molecule has 0 atom stereocenters. The Hall–Kier alpha value is -0.900. The molecule has 1 aliphatic carbocycles. The predicted molar refractivity (Wildman–Crippen MR) is 82.5 cm³/mol. The fourth-order valence-corrected chi connectivity index (χ4v) is 3.52. The minimum absolute atomic E-state index is 0.399. The van der Waals surface area contributed by atoms with E-state index in [0.717, 1.165) is 11.7 Å². The molecule has 114 valence electrons. The highest BCUT2D eigenvalue weighted by Gasteiger charge is 2.27. The van der Waals surface area contributed by atoms with Gasteiger partial charge in [0.25, 0.3) is 0 Å². The van der Waals surface area contributed by atoms with Crippen LogP contribution >= 0.6 is 0 Å². The molecule has 0 aliphatic heterocycles. The van der Waals surface area contributed by atoms with Crippen molar-refractivity contribution in [2.45, 2.75) is 84.2 Å². The van der Waals surface area contributed by atoms with Crippen molar-refractivity contribution in [3.8, 4) is 0 Å². The average molecular weight is 278 g/mol. The number of hydrogen-bond acceptors (Lipinski definition) is 3. The largest absolute Gasteiger partial charge is 0.324 e. The van der Waals surface area contributed by atoms with Crippen LogP contribution < -0.4 is 5.73 Å². The Balaban J connectivity index is 2.01. The molecule has 1 aromatic heterocycles. The average Bonchev–Trinajstić information content (AvgIpc) is 2.89. The first kappa shape index (κ1) is 15.5. The molecule has 1 heterocycles. The van der Waals surface area contributed by atoms with Crippen molar-refractivity contribution in [2.75, 3.05) is 0 Å². The van der Waals surface area contributed by atoms with Gasteiger partial charge in [0.1, 0.15) is 11.6 Å². The van der Waals surface area contributed by atoms with Gasteiger partial charge in [0, 0.05) is 12.0 Å². The van der Waals surface area contributed by atoms with Crippen molar-refractivity contribution in [1.82, 2.24) is 14.8 Å². The summed E-state index contributed by atoms with van der Waals surface area (Å²) in [4.78, 5) is 0. The fraction of sp³-hybridized carbons (Fsp3) is 0.875. The first-order valence-electron chi connectivity index (χ1n) is 8.31. The Morgan fingerprint density at radius 1 is 1.20 bits per heavy atom. The molecule has 2 N–H and O–H groups in total. The normalized spacial score (nSPS) is 23.4. The van der Waals surface area contributed by atoms with Crippen LogP contribution in [-0.4, -0.2) is 14.8 Å². The summed E-state index contributed by atoms with van der Waals surface area (Å²) >= 11 is 0. The van der Waals surface area contributed by atoms with Gasteiger partial charge in [-0.3, -0.25) is 0 Å². The highest BCUT2D eigenvalue weighted by molar-refractivity contribution is 5.05. The zero-order valence-electron chi connectivity index (χ0n) is 13.3. The Labute approximate surface area is 123 Å². The monoisotopic (exact) mass is 278 g/mol. The molecule has 1 aliphatic rings. The first-order valence-corrected chi connectivity index (χ1v) is 8.31. The molecule has 1 saturated carbocycles. The van der Waals surface area contributed by atoms with Gasteiger partial charge in [0.15, 0.2) is 0 Å². The molecule has 0 spiro atoms. The number of nitrogens with two attached hydrogens (primary N) is 1. The van der Waals surface area contributed by atoms with Crippen LogP contribution in [-0.2, 0) is 6.54 Å². The van der Waals surface area contributed by atoms with E-state index < -0.39 is 0 Å². The van der Waals surface area contributed by atoms with E-state index in [-0.39, 0.29) is 0 Å². The lowest BCUT2D eigenvalue weighted by Crippen LogP contribution is -2.19. The topological polar surface area (TPSA) is 56.7 Å². The van der Waals surface area contributed by atoms with E-state index in [1.165, 1.54) is 50.8 Å². The zero-order valence-corrected chi connectivity index (χ0v) is 13.3. The molecule has 1 aromatic rings. The van der Waals surface area contributed by atoms with Gasteiger partial charge >= 0.3 is 0 Å². The molecule has 4 nitrogen and oxygen atoms in total. The van der Waals surface area contributed by atoms with E-state index in [1.54, 1.807) is 0 Å². The summed E-state index contributed by atoms with van der Waals surface area (Å²) in [6.45, 7) is 7.15.